The van der Waals surface area contributed by atoms with Crippen LogP contribution in [-0.2, 0) is 11.3 Å². The van der Waals surface area contributed by atoms with Crippen LogP contribution in [0, 0.1) is 11.6 Å². The SMILES string of the molecule is COC(=O)c1ccc(N)cc1OCc1cc(F)ccc1F. The van der Waals surface area contributed by atoms with E-state index in [0.29, 0.717) is 5.69 Å². The molecule has 110 valence electrons. The zero-order valence-corrected chi connectivity index (χ0v) is 11.2. The Kier molecular flexibility index (Phi) is 4.37. The van der Waals surface area contributed by atoms with Gasteiger partial charge < -0.3 is 15.2 Å². The number of carbonyl (C=O) groups excluding carboxylic acids is 1. The standard InChI is InChI=1S/C15H13F2NO3/c1-20-15(19)12-4-3-11(18)7-14(12)21-8-9-6-10(16)2-5-13(9)17/h2-7H,8,18H2,1H3. The Morgan fingerprint density at radius 1 is 1.19 bits per heavy atom. The number of benzene rings is 2. The van der Waals surface area contributed by atoms with Crippen LogP contribution >= 0.6 is 0 Å². The summed E-state index contributed by atoms with van der Waals surface area (Å²) in [6.45, 7) is -0.239. The third-order valence-corrected chi connectivity index (χ3v) is 2.80. The van der Waals surface area contributed by atoms with E-state index in [4.69, 9.17) is 10.5 Å². The Morgan fingerprint density at radius 3 is 2.67 bits per heavy atom. The lowest BCUT2D eigenvalue weighted by atomic mass is 10.1. The molecule has 2 aromatic rings. The van der Waals surface area contributed by atoms with Crippen molar-refractivity contribution in [1.82, 2.24) is 0 Å². The van der Waals surface area contributed by atoms with Crippen LogP contribution in [0.2, 0.25) is 0 Å². The average Bonchev–Trinajstić information content (AvgIpc) is 2.47. The lowest BCUT2D eigenvalue weighted by Crippen LogP contribution is -2.07. The predicted molar refractivity (Wildman–Crippen MR) is 72.9 cm³/mol. The van der Waals surface area contributed by atoms with Crippen LogP contribution in [0.3, 0.4) is 0 Å². The molecule has 2 rings (SSSR count). The van der Waals surface area contributed by atoms with Crippen molar-refractivity contribution in [2.24, 2.45) is 0 Å². The quantitative estimate of drug-likeness (QED) is 0.695. The van der Waals surface area contributed by atoms with Crippen LogP contribution in [0.15, 0.2) is 36.4 Å². The first kappa shape index (κ1) is 14.8. The van der Waals surface area contributed by atoms with Gasteiger partial charge >= 0.3 is 5.97 Å². The summed E-state index contributed by atoms with van der Waals surface area (Å²) in [5.41, 5.74) is 6.19. The van der Waals surface area contributed by atoms with Gasteiger partial charge in [-0.15, -0.1) is 0 Å². The van der Waals surface area contributed by atoms with Gasteiger partial charge in [0.15, 0.2) is 0 Å². The molecule has 0 saturated heterocycles. The molecule has 0 unspecified atom stereocenters. The molecule has 6 heteroatoms. The molecule has 0 bridgehead atoms. The van der Waals surface area contributed by atoms with Crippen molar-refractivity contribution in [3.05, 3.63) is 59.2 Å². The largest absolute Gasteiger partial charge is 0.488 e. The van der Waals surface area contributed by atoms with Crippen molar-refractivity contribution in [3.8, 4) is 5.75 Å². The van der Waals surface area contributed by atoms with E-state index >= 15 is 0 Å². The zero-order chi connectivity index (χ0) is 15.4. The summed E-state index contributed by atoms with van der Waals surface area (Å²) in [5.74, 6) is -1.63. The molecule has 0 heterocycles. The normalized spacial score (nSPS) is 10.2. The molecule has 2 N–H and O–H groups in total. The molecule has 0 spiro atoms. The van der Waals surface area contributed by atoms with Crippen LogP contribution in [0.5, 0.6) is 5.75 Å². The summed E-state index contributed by atoms with van der Waals surface area (Å²) < 4.78 is 36.6. The number of carbonyl (C=O) groups is 1. The summed E-state index contributed by atoms with van der Waals surface area (Å²) in [4.78, 5) is 11.6. The van der Waals surface area contributed by atoms with Gasteiger partial charge in [0.2, 0.25) is 0 Å². The van der Waals surface area contributed by atoms with E-state index in [9.17, 15) is 13.6 Å². The second kappa shape index (κ2) is 6.21. The van der Waals surface area contributed by atoms with Gasteiger partial charge in [-0.2, -0.15) is 0 Å². The number of hydrogen-bond donors (Lipinski definition) is 1. The van der Waals surface area contributed by atoms with Crippen LogP contribution in [0.25, 0.3) is 0 Å². The lowest BCUT2D eigenvalue weighted by Gasteiger charge is -2.11. The van der Waals surface area contributed by atoms with E-state index < -0.39 is 17.6 Å². The number of nitrogens with two attached hydrogens (primary N) is 1. The molecular formula is C15H13F2NO3. The molecule has 0 aromatic heterocycles. The topological polar surface area (TPSA) is 61.5 Å². The van der Waals surface area contributed by atoms with Crippen LogP contribution < -0.4 is 10.5 Å². The number of nitrogen functional groups attached to an aromatic ring is 1. The Bertz CT molecular complexity index is 674. The summed E-state index contributed by atoms with van der Waals surface area (Å²) >= 11 is 0. The van der Waals surface area contributed by atoms with Gasteiger partial charge in [-0.25, -0.2) is 13.6 Å². The monoisotopic (exact) mass is 293 g/mol. The van der Waals surface area contributed by atoms with E-state index in [-0.39, 0.29) is 23.5 Å². The molecule has 0 aliphatic rings. The first-order valence-electron chi connectivity index (χ1n) is 6.06. The zero-order valence-electron chi connectivity index (χ0n) is 11.2. The summed E-state index contributed by atoms with van der Waals surface area (Å²) in [7, 11) is 1.23. The molecule has 0 aliphatic carbocycles. The minimum atomic E-state index is -0.607. The fraction of sp³-hybridized carbons (Fsp3) is 0.133. The van der Waals surface area contributed by atoms with Gasteiger partial charge in [0.25, 0.3) is 0 Å². The number of halogens is 2. The molecule has 0 radical (unpaired) electrons. The summed E-state index contributed by atoms with van der Waals surface area (Å²) in [6.07, 6.45) is 0. The summed E-state index contributed by atoms with van der Waals surface area (Å²) in [5, 5.41) is 0. The molecule has 0 aliphatic heterocycles. The third kappa shape index (κ3) is 3.47. The molecule has 2 aromatic carbocycles. The van der Waals surface area contributed by atoms with Crippen molar-refractivity contribution < 1.29 is 23.0 Å². The third-order valence-electron chi connectivity index (χ3n) is 2.80. The first-order valence-corrected chi connectivity index (χ1v) is 6.06. The Morgan fingerprint density at radius 2 is 1.95 bits per heavy atom. The van der Waals surface area contributed by atoms with Crippen LogP contribution in [0.4, 0.5) is 14.5 Å². The van der Waals surface area contributed by atoms with E-state index in [2.05, 4.69) is 4.74 Å². The van der Waals surface area contributed by atoms with Gasteiger partial charge in [-0.05, 0) is 30.3 Å². The van der Waals surface area contributed by atoms with Crippen molar-refractivity contribution in [3.63, 3.8) is 0 Å². The summed E-state index contributed by atoms with van der Waals surface area (Å²) in [6, 6.07) is 7.43. The molecule has 0 atom stereocenters. The predicted octanol–water partition coefficient (Wildman–Crippen LogP) is 2.91. The minimum Gasteiger partial charge on any atom is -0.488 e. The molecule has 4 nitrogen and oxygen atoms in total. The highest BCUT2D eigenvalue weighted by Gasteiger charge is 2.14. The molecule has 0 saturated carbocycles. The van der Waals surface area contributed by atoms with Gasteiger partial charge in [0, 0.05) is 17.3 Å². The number of ether oxygens (including phenoxy) is 2. The molecule has 21 heavy (non-hydrogen) atoms. The van der Waals surface area contributed by atoms with E-state index in [1.54, 1.807) is 0 Å². The Hall–Kier alpha value is -2.63. The Labute approximate surface area is 120 Å². The van der Waals surface area contributed by atoms with Crippen LogP contribution in [0.1, 0.15) is 15.9 Å². The van der Waals surface area contributed by atoms with Crippen LogP contribution in [-0.4, -0.2) is 13.1 Å². The van der Waals surface area contributed by atoms with E-state index in [0.717, 1.165) is 18.2 Å². The first-order chi connectivity index (χ1) is 10.0. The van der Waals surface area contributed by atoms with Gasteiger partial charge in [-0.1, -0.05) is 0 Å². The number of esters is 1. The smallest absolute Gasteiger partial charge is 0.341 e. The highest BCUT2D eigenvalue weighted by molar-refractivity contribution is 5.93. The number of anilines is 1. The van der Waals surface area contributed by atoms with E-state index in [1.807, 2.05) is 0 Å². The number of methoxy groups -OCH3 is 1. The molecule has 0 fully saturated rings. The highest BCUT2D eigenvalue weighted by Crippen LogP contribution is 2.24. The van der Waals surface area contributed by atoms with Crippen molar-refractivity contribution in [2.45, 2.75) is 6.61 Å². The fourth-order valence-corrected chi connectivity index (χ4v) is 1.75. The second-order valence-corrected chi connectivity index (χ2v) is 4.27. The maximum atomic E-state index is 13.5. The van der Waals surface area contributed by atoms with Crippen molar-refractivity contribution in [1.29, 1.82) is 0 Å². The minimum absolute atomic E-state index is 0.0354. The second-order valence-electron chi connectivity index (χ2n) is 4.27. The van der Waals surface area contributed by atoms with E-state index in [1.165, 1.54) is 25.3 Å². The maximum absolute atomic E-state index is 13.5. The van der Waals surface area contributed by atoms with Crippen molar-refractivity contribution in [2.75, 3.05) is 12.8 Å². The average molecular weight is 293 g/mol. The van der Waals surface area contributed by atoms with Gasteiger partial charge in [0.05, 0.1) is 7.11 Å². The fourth-order valence-electron chi connectivity index (χ4n) is 1.75. The Balaban J connectivity index is 2.25. The van der Waals surface area contributed by atoms with Gasteiger partial charge in [-0.3, -0.25) is 0 Å². The highest BCUT2D eigenvalue weighted by atomic mass is 19.1. The van der Waals surface area contributed by atoms with Crippen molar-refractivity contribution >= 4 is 11.7 Å². The lowest BCUT2D eigenvalue weighted by molar-refractivity contribution is 0.0595. The number of rotatable bonds is 4. The molecule has 0 amide bonds. The molecular weight excluding hydrogens is 280 g/mol. The van der Waals surface area contributed by atoms with Gasteiger partial charge in [0.1, 0.15) is 29.6 Å². The maximum Gasteiger partial charge on any atom is 0.341 e. The number of hydrogen-bond acceptors (Lipinski definition) is 4.